The third kappa shape index (κ3) is 2.27. The van der Waals surface area contributed by atoms with Gasteiger partial charge in [0.1, 0.15) is 6.10 Å². The molecule has 0 heterocycles. The Morgan fingerprint density at radius 2 is 1.81 bits per heavy atom. The Morgan fingerprint density at radius 1 is 1.14 bits per heavy atom. The highest BCUT2D eigenvalue weighted by Crippen LogP contribution is 2.62. The fraction of sp³-hybridized carbons (Fsp3) is 0.812. The van der Waals surface area contributed by atoms with E-state index < -0.39 is 11.9 Å². The first-order chi connectivity index (χ1) is 10.1. The van der Waals surface area contributed by atoms with Gasteiger partial charge in [0.15, 0.2) is 5.79 Å². The molecule has 5 atom stereocenters. The fourth-order valence-corrected chi connectivity index (χ4v) is 5.22. The van der Waals surface area contributed by atoms with Crippen molar-refractivity contribution in [2.45, 2.75) is 44.0 Å². The molecule has 2 saturated carbocycles. The average Bonchev–Trinajstić information content (AvgIpc) is 2.90. The Labute approximate surface area is 125 Å². The monoisotopic (exact) mass is 295 g/mol. The van der Waals surface area contributed by atoms with Crippen molar-refractivity contribution in [1.82, 2.24) is 0 Å². The van der Waals surface area contributed by atoms with Crippen LogP contribution in [0.5, 0.6) is 0 Å². The van der Waals surface area contributed by atoms with E-state index in [1.807, 2.05) is 6.08 Å². The van der Waals surface area contributed by atoms with E-state index in [9.17, 15) is 4.79 Å². The predicted octanol–water partition coefficient (Wildman–Crippen LogP) is 2.45. The Bertz CT molecular complexity index is 432. The molecule has 2 N–H and O–H groups in total. The number of methoxy groups -OCH3 is 2. The summed E-state index contributed by atoms with van der Waals surface area (Å²) in [7, 11) is 3.51. The summed E-state index contributed by atoms with van der Waals surface area (Å²) in [5, 5.41) is 0. The second-order valence-electron chi connectivity index (χ2n) is 6.46. The molecule has 2 fully saturated rings. The van der Waals surface area contributed by atoms with Gasteiger partial charge in [-0.1, -0.05) is 6.08 Å². The first kappa shape index (κ1) is 14.9. The maximum atomic E-state index is 11.1. The molecule has 0 saturated heterocycles. The Balaban J connectivity index is 1.85. The van der Waals surface area contributed by atoms with E-state index in [0.29, 0.717) is 23.7 Å². The summed E-state index contributed by atoms with van der Waals surface area (Å²) in [5.74, 6) is 1.43. The van der Waals surface area contributed by atoms with Crippen LogP contribution in [-0.4, -0.2) is 32.2 Å². The van der Waals surface area contributed by atoms with Gasteiger partial charge in [-0.2, -0.15) is 0 Å². The molecule has 5 unspecified atom stereocenters. The van der Waals surface area contributed by atoms with E-state index in [0.717, 1.165) is 25.7 Å². The SMILES string of the molecule is COC1(OC)C2CCC1C1CC(OC(N)=O)/C=C/CCC12. The van der Waals surface area contributed by atoms with Crippen LogP contribution in [0.25, 0.3) is 0 Å². The highest BCUT2D eigenvalue weighted by molar-refractivity contribution is 5.65. The molecule has 1 amide bonds. The number of rotatable bonds is 3. The summed E-state index contributed by atoms with van der Waals surface area (Å²) < 4.78 is 16.9. The molecular formula is C16H25NO4. The molecule has 0 aromatic carbocycles. The van der Waals surface area contributed by atoms with Crippen molar-refractivity contribution in [3.8, 4) is 0 Å². The number of amides is 1. The van der Waals surface area contributed by atoms with Gasteiger partial charge in [0.2, 0.25) is 0 Å². The lowest BCUT2D eigenvalue weighted by Gasteiger charge is -2.33. The number of hydrogen-bond acceptors (Lipinski definition) is 4. The fourth-order valence-electron chi connectivity index (χ4n) is 5.22. The van der Waals surface area contributed by atoms with Gasteiger partial charge >= 0.3 is 6.09 Å². The number of ether oxygens (including phenoxy) is 3. The Hall–Kier alpha value is -1.07. The zero-order valence-corrected chi connectivity index (χ0v) is 12.8. The van der Waals surface area contributed by atoms with Crippen LogP contribution in [0.2, 0.25) is 0 Å². The second kappa shape index (κ2) is 5.61. The summed E-state index contributed by atoms with van der Waals surface area (Å²) in [4.78, 5) is 11.1. The largest absolute Gasteiger partial charge is 0.442 e. The van der Waals surface area contributed by atoms with E-state index >= 15 is 0 Å². The van der Waals surface area contributed by atoms with Crippen LogP contribution >= 0.6 is 0 Å². The normalized spacial score (nSPS) is 41.9. The Kier molecular flexibility index (Phi) is 3.97. The standard InChI is InChI=1S/C16H25NO4/c1-19-16(20-2)13-7-8-14(16)12-9-10(21-15(17)18)5-3-4-6-11(12)13/h3,5,10-14H,4,6-9H2,1-2H3,(H2,17,18)/b5-3+. The minimum atomic E-state index is -0.699. The van der Waals surface area contributed by atoms with Gasteiger partial charge in [-0.25, -0.2) is 4.79 Å². The van der Waals surface area contributed by atoms with Gasteiger partial charge in [-0.05, 0) is 50.0 Å². The maximum absolute atomic E-state index is 11.1. The van der Waals surface area contributed by atoms with Crippen molar-refractivity contribution in [1.29, 1.82) is 0 Å². The van der Waals surface area contributed by atoms with Crippen molar-refractivity contribution in [3.05, 3.63) is 12.2 Å². The molecular weight excluding hydrogens is 270 g/mol. The van der Waals surface area contributed by atoms with Gasteiger partial charge in [-0.15, -0.1) is 0 Å². The molecule has 0 aromatic heterocycles. The summed E-state index contributed by atoms with van der Waals surface area (Å²) in [6, 6.07) is 0. The van der Waals surface area contributed by atoms with Crippen molar-refractivity contribution in [2.75, 3.05) is 14.2 Å². The lowest BCUT2D eigenvalue weighted by molar-refractivity contribution is -0.239. The lowest BCUT2D eigenvalue weighted by atomic mass is 9.73. The predicted molar refractivity (Wildman–Crippen MR) is 77.4 cm³/mol. The van der Waals surface area contributed by atoms with Crippen molar-refractivity contribution < 1.29 is 19.0 Å². The first-order valence-electron chi connectivity index (χ1n) is 7.85. The first-order valence-corrected chi connectivity index (χ1v) is 7.85. The number of carbonyl (C=O) groups is 1. The molecule has 3 aliphatic rings. The topological polar surface area (TPSA) is 70.8 Å². The van der Waals surface area contributed by atoms with E-state index in [-0.39, 0.29) is 6.10 Å². The molecule has 3 aliphatic carbocycles. The van der Waals surface area contributed by atoms with Crippen LogP contribution in [-0.2, 0) is 14.2 Å². The number of hydrogen-bond donors (Lipinski definition) is 1. The third-order valence-corrected chi connectivity index (χ3v) is 5.83. The van der Waals surface area contributed by atoms with Gasteiger partial charge in [0.05, 0.1) is 0 Å². The molecule has 0 aliphatic heterocycles. The van der Waals surface area contributed by atoms with Gasteiger partial charge in [0.25, 0.3) is 0 Å². The van der Waals surface area contributed by atoms with E-state index in [2.05, 4.69) is 6.08 Å². The maximum Gasteiger partial charge on any atom is 0.405 e. The zero-order valence-electron chi connectivity index (χ0n) is 12.8. The van der Waals surface area contributed by atoms with Crippen LogP contribution in [0.1, 0.15) is 32.1 Å². The molecule has 5 nitrogen and oxygen atoms in total. The number of fused-ring (bicyclic) bond motifs is 5. The van der Waals surface area contributed by atoms with Gasteiger partial charge in [0, 0.05) is 26.1 Å². The summed E-state index contributed by atoms with van der Waals surface area (Å²) in [6.45, 7) is 0. The zero-order chi connectivity index (χ0) is 15.0. The summed E-state index contributed by atoms with van der Waals surface area (Å²) >= 11 is 0. The number of primary amides is 1. The van der Waals surface area contributed by atoms with Crippen molar-refractivity contribution in [3.63, 3.8) is 0 Å². The van der Waals surface area contributed by atoms with Crippen LogP contribution in [0.3, 0.4) is 0 Å². The number of allylic oxidation sites excluding steroid dienone is 1. The quantitative estimate of drug-likeness (QED) is 0.641. The lowest BCUT2D eigenvalue weighted by Crippen LogP contribution is -2.40. The van der Waals surface area contributed by atoms with E-state index in [1.54, 1.807) is 14.2 Å². The van der Waals surface area contributed by atoms with Crippen LogP contribution in [0, 0.1) is 23.7 Å². The van der Waals surface area contributed by atoms with Crippen molar-refractivity contribution in [2.24, 2.45) is 29.4 Å². The summed E-state index contributed by atoms with van der Waals surface area (Å²) in [5.41, 5.74) is 5.19. The van der Waals surface area contributed by atoms with Gasteiger partial charge in [-0.3, -0.25) is 0 Å². The van der Waals surface area contributed by atoms with Crippen LogP contribution in [0.4, 0.5) is 4.79 Å². The van der Waals surface area contributed by atoms with Gasteiger partial charge < -0.3 is 19.9 Å². The van der Waals surface area contributed by atoms with Crippen molar-refractivity contribution >= 4 is 6.09 Å². The molecule has 3 rings (SSSR count). The molecule has 0 radical (unpaired) electrons. The van der Waals surface area contributed by atoms with E-state index in [4.69, 9.17) is 19.9 Å². The van der Waals surface area contributed by atoms with E-state index in [1.165, 1.54) is 6.42 Å². The summed E-state index contributed by atoms with van der Waals surface area (Å²) in [6.07, 6.45) is 8.44. The second-order valence-corrected chi connectivity index (χ2v) is 6.46. The molecule has 0 aromatic rings. The molecule has 21 heavy (non-hydrogen) atoms. The number of carbonyl (C=O) groups excluding carboxylic acids is 1. The molecule has 2 bridgehead atoms. The highest BCUT2D eigenvalue weighted by Gasteiger charge is 2.64. The third-order valence-electron chi connectivity index (χ3n) is 5.83. The van der Waals surface area contributed by atoms with Crippen LogP contribution in [0.15, 0.2) is 12.2 Å². The molecule has 0 spiro atoms. The minimum absolute atomic E-state index is 0.221. The smallest absolute Gasteiger partial charge is 0.405 e. The highest BCUT2D eigenvalue weighted by atomic mass is 16.7. The Morgan fingerprint density at radius 3 is 2.43 bits per heavy atom. The van der Waals surface area contributed by atoms with Crippen LogP contribution < -0.4 is 5.73 Å². The minimum Gasteiger partial charge on any atom is -0.442 e. The number of nitrogens with two attached hydrogens (primary N) is 1. The average molecular weight is 295 g/mol. The molecule has 5 heteroatoms. The molecule has 118 valence electrons.